The Bertz CT molecular complexity index is 1540. The third kappa shape index (κ3) is 5.96. The molecule has 0 aliphatic carbocycles. The van der Waals surface area contributed by atoms with Crippen molar-refractivity contribution in [2.45, 2.75) is 64.3 Å². The topological polar surface area (TPSA) is 70.9 Å². The quantitative estimate of drug-likeness (QED) is 0.233. The second-order valence-electron chi connectivity index (χ2n) is 11.3. The standard InChI is InChI=1S/C31H37F2N5O2S/c1-19(2)40-30-28(23-8-6-20(17-24(23)33)25-5-3-12-34-25)36-31-38(30)26-9-7-21(18-27(26)41-31)29(39)35-13-4-14-37-15-10-22(32)11-16-37/h6-9,17-19,22,25,34H,3-5,10-16H2,1-2H3,(H,35,39)/t25-/m1/s1. The molecule has 2 saturated heterocycles. The van der Waals surface area contributed by atoms with Crippen molar-refractivity contribution < 1.29 is 18.3 Å². The van der Waals surface area contributed by atoms with Crippen LogP contribution in [0, 0.1) is 5.82 Å². The maximum atomic E-state index is 15.5. The van der Waals surface area contributed by atoms with Crippen molar-refractivity contribution >= 4 is 32.4 Å². The number of aromatic nitrogens is 2. The average Bonchev–Trinajstić information content (AvgIpc) is 3.68. The Kier molecular flexibility index (Phi) is 8.23. The van der Waals surface area contributed by atoms with Crippen molar-refractivity contribution in [3.05, 3.63) is 53.3 Å². The molecule has 1 atom stereocenters. The van der Waals surface area contributed by atoms with Gasteiger partial charge < -0.3 is 20.3 Å². The summed E-state index contributed by atoms with van der Waals surface area (Å²) < 4.78 is 37.8. The Balaban J connectivity index is 1.21. The fourth-order valence-electron chi connectivity index (χ4n) is 5.84. The minimum Gasteiger partial charge on any atom is -0.474 e. The average molecular weight is 582 g/mol. The molecule has 2 aliphatic rings. The Labute approximate surface area is 242 Å². The number of benzene rings is 2. The number of likely N-dealkylation sites (tertiary alicyclic amines) is 1. The van der Waals surface area contributed by atoms with Gasteiger partial charge in [-0.25, -0.2) is 13.8 Å². The van der Waals surface area contributed by atoms with E-state index in [-0.39, 0.29) is 23.9 Å². The van der Waals surface area contributed by atoms with E-state index in [1.807, 2.05) is 36.4 Å². The molecule has 10 heteroatoms. The molecule has 0 spiro atoms. The highest BCUT2D eigenvalue weighted by Gasteiger charge is 2.25. The van der Waals surface area contributed by atoms with Crippen molar-refractivity contribution in [1.29, 1.82) is 0 Å². The van der Waals surface area contributed by atoms with Crippen LogP contribution in [0.25, 0.3) is 26.4 Å². The molecule has 218 valence electrons. The van der Waals surface area contributed by atoms with E-state index in [9.17, 15) is 9.18 Å². The molecule has 7 nitrogen and oxygen atoms in total. The summed E-state index contributed by atoms with van der Waals surface area (Å²) in [7, 11) is 0. The summed E-state index contributed by atoms with van der Waals surface area (Å²) in [6.45, 7) is 7.82. The molecule has 0 unspecified atom stereocenters. The minimum absolute atomic E-state index is 0.126. The second kappa shape index (κ2) is 12.0. The summed E-state index contributed by atoms with van der Waals surface area (Å²) in [5, 5.41) is 6.43. The smallest absolute Gasteiger partial charge is 0.251 e. The van der Waals surface area contributed by atoms with Crippen LogP contribution in [-0.4, -0.2) is 65.2 Å². The molecule has 2 aromatic heterocycles. The first-order chi connectivity index (χ1) is 19.9. The molecular weight excluding hydrogens is 544 g/mol. The van der Waals surface area contributed by atoms with Crippen LogP contribution in [0.2, 0.25) is 0 Å². The van der Waals surface area contributed by atoms with E-state index < -0.39 is 6.17 Å². The lowest BCUT2D eigenvalue weighted by atomic mass is 10.0. The van der Waals surface area contributed by atoms with Gasteiger partial charge in [0.25, 0.3) is 5.91 Å². The number of rotatable bonds is 9. The van der Waals surface area contributed by atoms with Crippen LogP contribution in [0.4, 0.5) is 8.78 Å². The summed E-state index contributed by atoms with van der Waals surface area (Å²) >= 11 is 1.45. The van der Waals surface area contributed by atoms with Crippen LogP contribution in [0.3, 0.4) is 0 Å². The van der Waals surface area contributed by atoms with Gasteiger partial charge in [0, 0.05) is 36.8 Å². The third-order valence-corrected chi connectivity index (χ3v) is 8.98. The van der Waals surface area contributed by atoms with Gasteiger partial charge in [0.05, 0.1) is 16.3 Å². The summed E-state index contributed by atoms with van der Waals surface area (Å²) in [5.74, 6) is 0.0604. The molecule has 0 bridgehead atoms. The number of halogens is 2. The summed E-state index contributed by atoms with van der Waals surface area (Å²) in [5.41, 5.74) is 3.28. The SMILES string of the molecule is CC(C)Oc1c(-c2ccc([C@H]3CCCN3)cc2F)nc2sc3cc(C(=O)NCCCN4CCC(F)CC4)ccc3n12. The molecule has 4 aromatic rings. The van der Waals surface area contributed by atoms with Gasteiger partial charge in [-0.05, 0) is 94.9 Å². The highest BCUT2D eigenvalue weighted by molar-refractivity contribution is 7.23. The highest BCUT2D eigenvalue weighted by Crippen LogP contribution is 2.40. The summed E-state index contributed by atoms with van der Waals surface area (Å²) in [6.07, 6.45) is 3.31. The van der Waals surface area contributed by atoms with E-state index in [2.05, 4.69) is 15.5 Å². The van der Waals surface area contributed by atoms with Crippen LogP contribution in [0.1, 0.15) is 67.9 Å². The second-order valence-corrected chi connectivity index (χ2v) is 12.4. The molecule has 2 fully saturated rings. The van der Waals surface area contributed by atoms with Crippen LogP contribution in [0.15, 0.2) is 36.4 Å². The predicted molar refractivity (Wildman–Crippen MR) is 159 cm³/mol. The Morgan fingerprint density at radius 2 is 2.02 bits per heavy atom. The van der Waals surface area contributed by atoms with Crippen molar-refractivity contribution in [3.8, 4) is 17.1 Å². The van der Waals surface area contributed by atoms with E-state index in [1.54, 1.807) is 18.2 Å². The molecule has 0 saturated carbocycles. The zero-order valence-electron chi connectivity index (χ0n) is 23.6. The van der Waals surface area contributed by atoms with E-state index in [4.69, 9.17) is 9.72 Å². The number of hydrogen-bond acceptors (Lipinski definition) is 6. The van der Waals surface area contributed by atoms with Gasteiger partial charge in [-0.3, -0.25) is 9.20 Å². The molecule has 2 aromatic carbocycles. The monoisotopic (exact) mass is 581 g/mol. The third-order valence-electron chi connectivity index (χ3n) is 7.98. The number of amides is 1. The maximum Gasteiger partial charge on any atom is 0.251 e. The number of fused-ring (bicyclic) bond motifs is 3. The molecule has 41 heavy (non-hydrogen) atoms. The Morgan fingerprint density at radius 1 is 1.20 bits per heavy atom. The van der Waals surface area contributed by atoms with Gasteiger partial charge in [-0.1, -0.05) is 17.4 Å². The van der Waals surface area contributed by atoms with Crippen molar-refractivity contribution in [2.75, 3.05) is 32.7 Å². The molecule has 2 N–H and O–H groups in total. The number of nitrogens with one attached hydrogen (secondary N) is 2. The fraction of sp³-hybridized carbons (Fsp3) is 0.484. The van der Waals surface area contributed by atoms with Gasteiger partial charge in [-0.2, -0.15) is 0 Å². The zero-order valence-corrected chi connectivity index (χ0v) is 24.4. The minimum atomic E-state index is -0.674. The number of carbonyl (C=O) groups excluding carboxylic acids is 1. The molecule has 0 radical (unpaired) electrons. The number of hydrogen-bond donors (Lipinski definition) is 2. The number of alkyl halides is 1. The summed E-state index contributed by atoms with van der Waals surface area (Å²) in [6, 6.07) is 11.2. The Morgan fingerprint density at radius 3 is 2.76 bits per heavy atom. The number of carbonyl (C=O) groups is 1. The zero-order chi connectivity index (χ0) is 28.5. The van der Waals surface area contributed by atoms with Crippen molar-refractivity contribution in [3.63, 3.8) is 0 Å². The van der Waals surface area contributed by atoms with E-state index in [1.165, 1.54) is 11.3 Å². The largest absolute Gasteiger partial charge is 0.474 e. The molecule has 4 heterocycles. The van der Waals surface area contributed by atoms with Crippen LogP contribution in [0.5, 0.6) is 5.88 Å². The number of thiazole rings is 1. The van der Waals surface area contributed by atoms with Crippen LogP contribution in [-0.2, 0) is 0 Å². The van der Waals surface area contributed by atoms with E-state index in [0.29, 0.717) is 47.0 Å². The lowest BCUT2D eigenvalue weighted by Gasteiger charge is -2.28. The lowest BCUT2D eigenvalue weighted by molar-refractivity contribution is 0.0950. The highest BCUT2D eigenvalue weighted by atomic mass is 32.1. The van der Waals surface area contributed by atoms with Gasteiger partial charge in [-0.15, -0.1) is 0 Å². The lowest BCUT2D eigenvalue weighted by Crippen LogP contribution is -2.36. The first-order valence-electron chi connectivity index (χ1n) is 14.7. The Hall–Kier alpha value is -3.08. The number of piperidine rings is 1. The first-order valence-corrected chi connectivity index (χ1v) is 15.5. The van der Waals surface area contributed by atoms with Gasteiger partial charge in [0.2, 0.25) is 5.88 Å². The van der Waals surface area contributed by atoms with E-state index >= 15 is 4.39 Å². The van der Waals surface area contributed by atoms with Crippen LogP contribution >= 0.6 is 11.3 Å². The van der Waals surface area contributed by atoms with E-state index in [0.717, 1.165) is 61.2 Å². The number of imidazole rings is 1. The normalized spacial score (nSPS) is 18.6. The molecule has 2 aliphatic heterocycles. The molecular formula is C31H37F2N5O2S. The predicted octanol–water partition coefficient (Wildman–Crippen LogP) is 6.12. The van der Waals surface area contributed by atoms with Gasteiger partial charge in [0.15, 0.2) is 4.96 Å². The van der Waals surface area contributed by atoms with Crippen LogP contribution < -0.4 is 15.4 Å². The van der Waals surface area contributed by atoms with Gasteiger partial charge in [0.1, 0.15) is 17.7 Å². The number of nitrogens with zero attached hydrogens (tertiary/aromatic N) is 3. The number of ether oxygens (including phenoxy) is 1. The fourth-order valence-corrected chi connectivity index (χ4v) is 6.89. The first kappa shape index (κ1) is 28.1. The maximum absolute atomic E-state index is 15.5. The van der Waals surface area contributed by atoms with Crippen molar-refractivity contribution in [2.24, 2.45) is 0 Å². The summed E-state index contributed by atoms with van der Waals surface area (Å²) in [4.78, 5) is 20.6. The molecule has 1 amide bonds. The van der Waals surface area contributed by atoms with Crippen molar-refractivity contribution in [1.82, 2.24) is 24.9 Å². The molecule has 6 rings (SSSR count). The van der Waals surface area contributed by atoms with Gasteiger partial charge >= 0.3 is 0 Å².